The van der Waals surface area contributed by atoms with Crippen LogP contribution in [0.25, 0.3) is 5.57 Å². The van der Waals surface area contributed by atoms with E-state index < -0.39 is 11.8 Å². The van der Waals surface area contributed by atoms with E-state index in [0.717, 1.165) is 4.90 Å². The molecule has 0 unspecified atom stereocenters. The third kappa shape index (κ3) is 3.41. The summed E-state index contributed by atoms with van der Waals surface area (Å²) in [5.41, 5.74) is 1.17. The highest BCUT2D eigenvalue weighted by Gasteiger charge is 2.39. The number of amides is 2. The van der Waals surface area contributed by atoms with Crippen molar-refractivity contribution < 1.29 is 14.3 Å². The Hall–Kier alpha value is -2.30. The first-order valence-electron chi connectivity index (χ1n) is 7.69. The van der Waals surface area contributed by atoms with E-state index in [-0.39, 0.29) is 16.7 Å². The maximum atomic E-state index is 12.8. The van der Waals surface area contributed by atoms with E-state index in [4.69, 9.17) is 27.9 Å². The van der Waals surface area contributed by atoms with Crippen molar-refractivity contribution in [3.63, 3.8) is 0 Å². The van der Waals surface area contributed by atoms with Gasteiger partial charge < -0.3 is 4.74 Å². The second kappa shape index (κ2) is 6.90. The Bertz CT molecular complexity index is 855. The third-order valence-corrected chi connectivity index (χ3v) is 4.23. The van der Waals surface area contributed by atoms with Gasteiger partial charge in [0.1, 0.15) is 10.8 Å². The van der Waals surface area contributed by atoms with Gasteiger partial charge in [0.05, 0.1) is 17.4 Å². The molecule has 6 heteroatoms. The van der Waals surface area contributed by atoms with Crippen LogP contribution in [0.15, 0.2) is 53.6 Å². The summed E-state index contributed by atoms with van der Waals surface area (Å²) in [6.45, 7) is 3.85. The van der Waals surface area contributed by atoms with Gasteiger partial charge in [0, 0.05) is 5.02 Å². The Morgan fingerprint density at radius 3 is 2.04 bits per heavy atom. The molecule has 0 aromatic heterocycles. The quantitative estimate of drug-likeness (QED) is 0.730. The average molecular weight is 376 g/mol. The Balaban J connectivity index is 1.93. The number of carbonyl (C=O) groups excluding carboxylic acids is 2. The number of hydrogen-bond acceptors (Lipinski definition) is 3. The zero-order valence-corrected chi connectivity index (χ0v) is 15.1. The minimum Gasteiger partial charge on any atom is -0.491 e. The van der Waals surface area contributed by atoms with Crippen molar-refractivity contribution in [2.45, 2.75) is 20.0 Å². The van der Waals surface area contributed by atoms with Gasteiger partial charge in [-0.3, -0.25) is 9.59 Å². The summed E-state index contributed by atoms with van der Waals surface area (Å²) in [5, 5.41) is 0.417. The van der Waals surface area contributed by atoms with Gasteiger partial charge in [0.2, 0.25) is 0 Å². The van der Waals surface area contributed by atoms with Crippen LogP contribution in [0.5, 0.6) is 5.75 Å². The molecule has 0 N–H and O–H groups in total. The topological polar surface area (TPSA) is 46.6 Å². The van der Waals surface area contributed by atoms with E-state index in [9.17, 15) is 9.59 Å². The van der Waals surface area contributed by atoms with Gasteiger partial charge in [0.15, 0.2) is 0 Å². The predicted octanol–water partition coefficient (Wildman–Crippen LogP) is 4.65. The second-order valence-corrected chi connectivity index (χ2v) is 6.62. The third-order valence-electron chi connectivity index (χ3n) is 3.63. The predicted molar refractivity (Wildman–Crippen MR) is 98.9 cm³/mol. The largest absolute Gasteiger partial charge is 0.491 e. The van der Waals surface area contributed by atoms with Crippen molar-refractivity contribution in [1.82, 2.24) is 0 Å². The molecule has 0 saturated carbocycles. The van der Waals surface area contributed by atoms with Crippen molar-refractivity contribution in [2.75, 3.05) is 4.90 Å². The molecule has 2 aromatic rings. The van der Waals surface area contributed by atoms with Gasteiger partial charge in [0.25, 0.3) is 11.8 Å². The summed E-state index contributed by atoms with van der Waals surface area (Å²) in [7, 11) is 0. The lowest BCUT2D eigenvalue weighted by Gasteiger charge is -2.15. The second-order valence-electron chi connectivity index (χ2n) is 5.80. The molecule has 25 heavy (non-hydrogen) atoms. The van der Waals surface area contributed by atoms with Crippen LogP contribution in [0, 0.1) is 0 Å². The SMILES string of the molecule is CC(C)Oc1ccc(C2=C(Cl)C(=O)N(c3ccc(Cl)cc3)C2=O)cc1. The number of rotatable bonds is 4. The molecule has 0 fully saturated rings. The summed E-state index contributed by atoms with van der Waals surface area (Å²) in [6.07, 6.45) is 0.0451. The fourth-order valence-electron chi connectivity index (χ4n) is 2.55. The minimum atomic E-state index is -0.550. The molecule has 0 radical (unpaired) electrons. The normalized spacial score (nSPS) is 14.7. The number of carbonyl (C=O) groups is 2. The molecule has 4 nitrogen and oxygen atoms in total. The molecule has 0 spiro atoms. The molecule has 128 valence electrons. The summed E-state index contributed by atoms with van der Waals surface area (Å²) < 4.78 is 5.58. The lowest BCUT2D eigenvalue weighted by Crippen LogP contribution is -2.31. The van der Waals surface area contributed by atoms with E-state index in [0.29, 0.717) is 22.0 Å². The summed E-state index contributed by atoms with van der Waals surface area (Å²) >= 11 is 12.0. The Kier molecular flexibility index (Phi) is 4.84. The lowest BCUT2D eigenvalue weighted by atomic mass is 10.1. The van der Waals surface area contributed by atoms with E-state index >= 15 is 0 Å². The van der Waals surface area contributed by atoms with Crippen molar-refractivity contribution in [3.8, 4) is 5.75 Å². The molecular weight excluding hydrogens is 361 g/mol. The minimum absolute atomic E-state index is 0.0451. The van der Waals surface area contributed by atoms with Gasteiger partial charge in [-0.2, -0.15) is 0 Å². The molecule has 3 rings (SSSR count). The maximum Gasteiger partial charge on any atom is 0.277 e. The monoisotopic (exact) mass is 375 g/mol. The zero-order valence-electron chi connectivity index (χ0n) is 13.6. The fraction of sp³-hybridized carbons (Fsp3) is 0.158. The fourth-order valence-corrected chi connectivity index (χ4v) is 2.95. The molecule has 1 aliphatic heterocycles. The van der Waals surface area contributed by atoms with Gasteiger partial charge in [-0.1, -0.05) is 35.3 Å². The van der Waals surface area contributed by atoms with Gasteiger partial charge in [-0.25, -0.2) is 4.90 Å². The van der Waals surface area contributed by atoms with E-state index in [2.05, 4.69) is 0 Å². The van der Waals surface area contributed by atoms with Crippen molar-refractivity contribution in [1.29, 1.82) is 0 Å². The van der Waals surface area contributed by atoms with Crippen molar-refractivity contribution in [2.24, 2.45) is 0 Å². The zero-order chi connectivity index (χ0) is 18.1. The van der Waals surface area contributed by atoms with Gasteiger partial charge >= 0.3 is 0 Å². The summed E-state index contributed by atoms with van der Waals surface area (Å²) in [4.78, 5) is 26.3. The van der Waals surface area contributed by atoms with Crippen LogP contribution >= 0.6 is 23.2 Å². The molecule has 0 atom stereocenters. The van der Waals surface area contributed by atoms with E-state index in [1.54, 1.807) is 48.5 Å². The maximum absolute atomic E-state index is 12.8. The number of ether oxygens (including phenoxy) is 1. The number of nitrogens with zero attached hydrogens (tertiary/aromatic N) is 1. The molecule has 0 saturated heterocycles. The highest BCUT2D eigenvalue weighted by Crippen LogP contribution is 2.35. The summed E-state index contributed by atoms with van der Waals surface area (Å²) in [5.74, 6) is -0.330. The van der Waals surface area contributed by atoms with Crippen LogP contribution in [0.4, 0.5) is 5.69 Å². The van der Waals surface area contributed by atoms with Crippen LogP contribution in [0.1, 0.15) is 19.4 Å². The molecule has 0 aliphatic carbocycles. The number of benzene rings is 2. The van der Waals surface area contributed by atoms with E-state index in [1.807, 2.05) is 13.8 Å². The van der Waals surface area contributed by atoms with Gasteiger partial charge in [-0.05, 0) is 55.8 Å². The average Bonchev–Trinajstić information content (AvgIpc) is 2.79. The van der Waals surface area contributed by atoms with Crippen molar-refractivity contribution >= 4 is 46.3 Å². The molecule has 0 bridgehead atoms. The Morgan fingerprint density at radius 1 is 0.880 bits per heavy atom. The Labute approximate surface area is 155 Å². The smallest absolute Gasteiger partial charge is 0.277 e. The first-order valence-corrected chi connectivity index (χ1v) is 8.45. The highest BCUT2D eigenvalue weighted by atomic mass is 35.5. The first kappa shape index (κ1) is 17.5. The number of halogens is 2. The Morgan fingerprint density at radius 2 is 1.48 bits per heavy atom. The highest BCUT2D eigenvalue weighted by molar-refractivity contribution is 6.60. The molecule has 2 amide bonds. The van der Waals surface area contributed by atoms with E-state index in [1.165, 1.54) is 0 Å². The number of hydrogen-bond donors (Lipinski definition) is 0. The van der Waals surface area contributed by atoms with Crippen LogP contribution in [0.3, 0.4) is 0 Å². The number of imide groups is 1. The number of anilines is 1. The lowest BCUT2D eigenvalue weighted by molar-refractivity contribution is -0.119. The molecule has 1 heterocycles. The molecular formula is C19H15Cl2NO3. The van der Waals surface area contributed by atoms with Crippen LogP contribution < -0.4 is 9.64 Å². The van der Waals surface area contributed by atoms with Crippen LogP contribution in [-0.2, 0) is 9.59 Å². The van der Waals surface area contributed by atoms with Crippen molar-refractivity contribution in [3.05, 3.63) is 64.1 Å². The first-order chi connectivity index (χ1) is 11.9. The van der Waals surface area contributed by atoms with Gasteiger partial charge in [-0.15, -0.1) is 0 Å². The van der Waals surface area contributed by atoms with Crippen LogP contribution in [0.2, 0.25) is 5.02 Å². The molecule has 2 aromatic carbocycles. The van der Waals surface area contributed by atoms with Crippen LogP contribution in [-0.4, -0.2) is 17.9 Å². The molecule has 1 aliphatic rings. The summed E-state index contributed by atoms with van der Waals surface area (Å²) in [6, 6.07) is 13.3. The standard InChI is InChI=1S/C19H15Cl2NO3/c1-11(2)25-15-9-3-12(4-10-15)16-17(21)19(24)22(18(16)23)14-7-5-13(20)6-8-14/h3-11H,1-2H3.